The van der Waals surface area contributed by atoms with Crippen LogP contribution in [0.4, 0.5) is 0 Å². The summed E-state index contributed by atoms with van der Waals surface area (Å²) in [6.45, 7) is 0. The van der Waals surface area contributed by atoms with E-state index in [-0.39, 0.29) is 6.04 Å². The van der Waals surface area contributed by atoms with Crippen LogP contribution in [0.3, 0.4) is 0 Å². The lowest BCUT2D eigenvalue weighted by Gasteiger charge is -2.11. The van der Waals surface area contributed by atoms with E-state index in [0.717, 1.165) is 27.6 Å². The van der Waals surface area contributed by atoms with Crippen LogP contribution in [0, 0.1) is 0 Å². The molecule has 0 amide bonds. The van der Waals surface area contributed by atoms with Gasteiger partial charge in [0.15, 0.2) is 0 Å². The molecule has 3 aromatic rings. The Morgan fingerprint density at radius 3 is 2.62 bits per heavy atom. The number of nitrogens with two attached hydrogens (primary N) is 1. The molecule has 0 saturated carbocycles. The molecule has 1 unspecified atom stereocenters. The van der Waals surface area contributed by atoms with E-state index >= 15 is 0 Å². The first-order valence-corrected chi connectivity index (χ1v) is 7.85. The maximum absolute atomic E-state index is 6.25. The third kappa shape index (κ3) is 3.23. The lowest BCUT2D eigenvalue weighted by Crippen LogP contribution is -2.12. The van der Waals surface area contributed by atoms with Crippen LogP contribution in [0.1, 0.15) is 11.6 Å². The number of thioether (sulfide) groups is 1. The summed E-state index contributed by atoms with van der Waals surface area (Å²) in [6.07, 6.45) is 0. The summed E-state index contributed by atoms with van der Waals surface area (Å²) in [7, 11) is 1.67. The molecule has 1 aromatic heterocycles. The normalized spacial score (nSPS) is 12.5. The Balaban J connectivity index is 1.65. The van der Waals surface area contributed by atoms with E-state index in [1.165, 1.54) is 5.39 Å². The molecule has 0 aliphatic heterocycles. The average Bonchev–Trinajstić information content (AvgIpc) is 2.95. The van der Waals surface area contributed by atoms with E-state index in [1.54, 1.807) is 18.9 Å². The van der Waals surface area contributed by atoms with Crippen LogP contribution in [0.2, 0.25) is 0 Å². The van der Waals surface area contributed by atoms with Gasteiger partial charge in [0.25, 0.3) is 0 Å². The number of aromatic nitrogens is 1. The Morgan fingerprint density at radius 1 is 1.14 bits per heavy atom. The van der Waals surface area contributed by atoms with Crippen LogP contribution < -0.4 is 10.5 Å². The molecule has 0 saturated heterocycles. The molecule has 2 aromatic carbocycles. The van der Waals surface area contributed by atoms with Crippen molar-refractivity contribution in [3.8, 4) is 5.75 Å². The minimum absolute atomic E-state index is 0.00678. The zero-order valence-electron chi connectivity index (χ0n) is 11.9. The summed E-state index contributed by atoms with van der Waals surface area (Å²) in [5, 5.41) is 2.39. The fourth-order valence-electron chi connectivity index (χ4n) is 2.25. The first kappa shape index (κ1) is 14.0. The number of hydrogen-bond donors (Lipinski definition) is 2. The van der Waals surface area contributed by atoms with Gasteiger partial charge in [-0.3, -0.25) is 0 Å². The lowest BCUT2D eigenvalue weighted by molar-refractivity contribution is 0.414. The smallest absolute Gasteiger partial charge is 0.118 e. The van der Waals surface area contributed by atoms with Gasteiger partial charge in [0.2, 0.25) is 0 Å². The Kier molecular flexibility index (Phi) is 4.18. The van der Waals surface area contributed by atoms with Crippen LogP contribution in [-0.4, -0.2) is 17.8 Å². The van der Waals surface area contributed by atoms with Crippen molar-refractivity contribution >= 4 is 22.7 Å². The molecular formula is C17H18N2OS. The summed E-state index contributed by atoms with van der Waals surface area (Å²) in [4.78, 5) is 3.41. The molecule has 3 nitrogen and oxygen atoms in total. The minimum atomic E-state index is 0.00678. The van der Waals surface area contributed by atoms with E-state index in [2.05, 4.69) is 23.2 Å². The average molecular weight is 298 g/mol. The number of para-hydroxylation sites is 1. The molecule has 0 radical (unpaired) electrons. The highest BCUT2D eigenvalue weighted by Gasteiger charge is 2.08. The van der Waals surface area contributed by atoms with Crippen LogP contribution in [0.25, 0.3) is 10.9 Å². The van der Waals surface area contributed by atoms with Gasteiger partial charge in [0, 0.05) is 22.7 Å². The third-order valence-electron chi connectivity index (χ3n) is 3.47. The molecule has 21 heavy (non-hydrogen) atoms. The summed E-state index contributed by atoms with van der Waals surface area (Å²) in [5.74, 6) is 1.69. The number of H-pyrrole nitrogens is 1. The molecule has 3 rings (SSSR count). The van der Waals surface area contributed by atoms with Crippen molar-refractivity contribution in [2.75, 3.05) is 12.9 Å². The largest absolute Gasteiger partial charge is 0.497 e. The first-order valence-electron chi connectivity index (χ1n) is 6.86. The Labute approximate surface area is 128 Å². The number of nitrogens with one attached hydrogen (secondary N) is 1. The molecule has 0 aliphatic carbocycles. The maximum Gasteiger partial charge on any atom is 0.118 e. The lowest BCUT2D eigenvalue weighted by atomic mass is 10.1. The quantitative estimate of drug-likeness (QED) is 0.701. The number of benzene rings is 2. The van der Waals surface area contributed by atoms with Gasteiger partial charge < -0.3 is 15.5 Å². The monoisotopic (exact) mass is 298 g/mol. The van der Waals surface area contributed by atoms with Crippen LogP contribution in [0.5, 0.6) is 5.75 Å². The summed E-state index contributed by atoms with van der Waals surface area (Å²) < 4.78 is 5.16. The Morgan fingerprint density at radius 2 is 1.90 bits per heavy atom. The topological polar surface area (TPSA) is 51.0 Å². The maximum atomic E-state index is 6.25. The van der Waals surface area contributed by atoms with Crippen LogP contribution >= 0.6 is 11.8 Å². The number of rotatable bonds is 5. The summed E-state index contributed by atoms with van der Waals surface area (Å²) in [5.41, 5.74) is 8.54. The standard InChI is InChI=1S/C17H18N2OS/c1-20-14-8-6-12(7-9-14)15(18)11-21-17-10-13-4-2-3-5-16(13)19-17/h2-10,15,19H,11,18H2,1H3. The van der Waals surface area contributed by atoms with Gasteiger partial charge in [-0.25, -0.2) is 0 Å². The highest BCUT2D eigenvalue weighted by molar-refractivity contribution is 7.99. The van der Waals surface area contributed by atoms with Gasteiger partial charge in [0.05, 0.1) is 12.1 Å². The first-order chi connectivity index (χ1) is 10.3. The van der Waals surface area contributed by atoms with Crippen molar-refractivity contribution < 1.29 is 4.74 Å². The zero-order valence-corrected chi connectivity index (χ0v) is 12.7. The van der Waals surface area contributed by atoms with Gasteiger partial charge in [-0.05, 0) is 29.8 Å². The van der Waals surface area contributed by atoms with Gasteiger partial charge in [-0.2, -0.15) is 0 Å². The zero-order chi connectivity index (χ0) is 14.7. The molecule has 0 fully saturated rings. The second-order valence-electron chi connectivity index (χ2n) is 4.91. The van der Waals surface area contributed by atoms with Crippen molar-refractivity contribution in [2.45, 2.75) is 11.1 Å². The van der Waals surface area contributed by atoms with E-state index < -0.39 is 0 Å². The van der Waals surface area contributed by atoms with E-state index in [1.807, 2.05) is 36.4 Å². The third-order valence-corrected chi connectivity index (χ3v) is 4.52. The van der Waals surface area contributed by atoms with Crippen LogP contribution in [-0.2, 0) is 0 Å². The highest BCUT2D eigenvalue weighted by atomic mass is 32.2. The van der Waals surface area contributed by atoms with Gasteiger partial charge in [-0.1, -0.05) is 30.3 Å². The Bertz CT molecular complexity index is 688. The predicted octanol–water partition coefficient (Wildman–Crippen LogP) is 3.97. The fourth-order valence-corrected chi connectivity index (χ4v) is 3.20. The van der Waals surface area contributed by atoms with Crippen molar-refractivity contribution in [1.29, 1.82) is 0 Å². The number of ether oxygens (including phenoxy) is 1. The minimum Gasteiger partial charge on any atom is -0.497 e. The van der Waals surface area contributed by atoms with Crippen molar-refractivity contribution in [1.82, 2.24) is 4.98 Å². The number of aromatic amines is 1. The number of hydrogen-bond acceptors (Lipinski definition) is 3. The SMILES string of the molecule is COc1ccc(C(N)CSc2cc3ccccc3[nH]2)cc1. The molecule has 4 heteroatoms. The van der Waals surface area contributed by atoms with E-state index in [0.29, 0.717) is 0 Å². The summed E-state index contributed by atoms with van der Waals surface area (Å²) >= 11 is 1.75. The molecule has 108 valence electrons. The van der Waals surface area contributed by atoms with Crippen LogP contribution in [0.15, 0.2) is 59.6 Å². The number of methoxy groups -OCH3 is 1. The molecular weight excluding hydrogens is 280 g/mol. The van der Waals surface area contributed by atoms with E-state index in [9.17, 15) is 0 Å². The fraction of sp³-hybridized carbons (Fsp3) is 0.176. The molecule has 0 aliphatic rings. The second-order valence-corrected chi connectivity index (χ2v) is 5.97. The van der Waals surface area contributed by atoms with Crippen molar-refractivity contribution in [2.24, 2.45) is 5.73 Å². The van der Waals surface area contributed by atoms with E-state index in [4.69, 9.17) is 10.5 Å². The number of fused-ring (bicyclic) bond motifs is 1. The highest BCUT2D eigenvalue weighted by Crippen LogP contribution is 2.26. The van der Waals surface area contributed by atoms with Gasteiger partial charge in [-0.15, -0.1) is 11.8 Å². The van der Waals surface area contributed by atoms with Gasteiger partial charge in [0.1, 0.15) is 5.75 Å². The molecule has 0 bridgehead atoms. The molecule has 1 heterocycles. The molecule has 0 spiro atoms. The van der Waals surface area contributed by atoms with Gasteiger partial charge >= 0.3 is 0 Å². The van der Waals surface area contributed by atoms with Crippen molar-refractivity contribution in [3.63, 3.8) is 0 Å². The molecule has 3 N–H and O–H groups in total. The second kappa shape index (κ2) is 6.24. The predicted molar refractivity (Wildman–Crippen MR) is 88.9 cm³/mol. The summed E-state index contributed by atoms with van der Waals surface area (Å²) in [6, 6.07) is 18.4. The van der Waals surface area contributed by atoms with Crippen molar-refractivity contribution in [3.05, 3.63) is 60.2 Å². The molecule has 1 atom stereocenters. The Hall–Kier alpha value is -1.91.